The molecule has 1 aromatic carbocycles. The molecule has 1 aliphatic carbocycles. The molecule has 0 unspecified atom stereocenters. The Morgan fingerprint density at radius 3 is 2.58 bits per heavy atom. The molecule has 0 saturated heterocycles. The second kappa shape index (κ2) is 5.69. The highest BCUT2D eigenvalue weighted by molar-refractivity contribution is 5.43. The number of hydrogen-bond acceptors (Lipinski definition) is 3. The molecule has 1 N–H and O–H groups in total. The molecule has 1 aliphatic rings. The van der Waals surface area contributed by atoms with E-state index < -0.39 is 12.8 Å². The van der Waals surface area contributed by atoms with Crippen LogP contribution in [-0.2, 0) is 6.54 Å². The van der Waals surface area contributed by atoms with Gasteiger partial charge in [0.15, 0.2) is 18.1 Å². The van der Waals surface area contributed by atoms with Gasteiger partial charge in [-0.3, -0.25) is 0 Å². The standard InChI is InChI=1S/C13H16F3NO2/c1-18-12-6-9(7-17-10-3-4-10)2-5-11(12)19-8-13(14,15)16/h2,5-6,10,17H,3-4,7-8H2,1H3. The normalized spacial score (nSPS) is 15.4. The average molecular weight is 275 g/mol. The number of alkyl halides is 3. The smallest absolute Gasteiger partial charge is 0.422 e. The Bertz CT molecular complexity index is 430. The van der Waals surface area contributed by atoms with Gasteiger partial charge in [0.05, 0.1) is 7.11 Å². The first-order valence-electron chi connectivity index (χ1n) is 6.08. The first-order valence-corrected chi connectivity index (χ1v) is 6.08. The quantitative estimate of drug-likeness (QED) is 0.866. The van der Waals surface area contributed by atoms with Gasteiger partial charge in [-0.15, -0.1) is 0 Å². The highest BCUT2D eigenvalue weighted by Crippen LogP contribution is 2.30. The maximum absolute atomic E-state index is 12.1. The van der Waals surface area contributed by atoms with Crippen LogP contribution in [0.5, 0.6) is 11.5 Å². The average Bonchev–Trinajstić information content (AvgIpc) is 3.17. The van der Waals surface area contributed by atoms with Gasteiger partial charge < -0.3 is 14.8 Å². The maximum atomic E-state index is 12.1. The van der Waals surface area contributed by atoms with Crippen LogP contribution in [0.25, 0.3) is 0 Å². The third kappa shape index (κ3) is 4.63. The van der Waals surface area contributed by atoms with Crippen LogP contribution >= 0.6 is 0 Å². The molecule has 0 amide bonds. The molecule has 3 nitrogen and oxygen atoms in total. The van der Waals surface area contributed by atoms with E-state index in [2.05, 4.69) is 5.32 Å². The largest absolute Gasteiger partial charge is 0.493 e. The minimum Gasteiger partial charge on any atom is -0.493 e. The lowest BCUT2D eigenvalue weighted by Crippen LogP contribution is -2.19. The van der Waals surface area contributed by atoms with Crippen LogP contribution in [0.4, 0.5) is 13.2 Å². The lowest BCUT2D eigenvalue weighted by molar-refractivity contribution is -0.153. The number of methoxy groups -OCH3 is 1. The van der Waals surface area contributed by atoms with Crippen LogP contribution in [0.15, 0.2) is 18.2 Å². The molecule has 1 saturated carbocycles. The zero-order valence-electron chi connectivity index (χ0n) is 10.6. The number of hydrogen-bond donors (Lipinski definition) is 1. The van der Waals surface area contributed by atoms with Gasteiger partial charge in [-0.1, -0.05) is 6.07 Å². The predicted octanol–water partition coefficient (Wildman–Crippen LogP) is 2.89. The summed E-state index contributed by atoms with van der Waals surface area (Å²) in [6, 6.07) is 5.52. The second-order valence-electron chi connectivity index (χ2n) is 4.54. The Labute approximate surface area is 109 Å². The number of halogens is 3. The van der Waals surface area contributed by atoms with Crippen LogP contribution in [0.1, 0.15) is 18.4 Å². The summed E-state index contributed by atoms with van der Waals surface area (Å²) in [4.78, 5) is 0. The Balaban J connectivity index is 1.98. The van der Waals surface area contributed by atoms with Gasteiger partial charge in [0, 0.05) is 12.6 Å². The molecule has 0 bridgehead atoms. The van der Waals surface area contributed by atoms with Crippen molar-refractivity contribution in [3.8, 4) is 11.5 Å². The Hall–Kier alpha value is -1.43. The predicted molar refractivity (Wildman–Crippen MR) is 64.4 cm³/mol. The number of ether oxygens (including phenoxy) is 2. The summed E-state index contributed by atoms with van der Waals surface area (Å²) in [5, 5.41) is 3.32. The molecule has 2 rings (SSSR count). The summed E-state index contributed by atoms with van der Waals surface area (Å²) in [6.07, 6.45) is -1.98. The summed E-state index contributed by atoms with van der Waals surface area (Å²) in [5.41, 5.74) is 0.961. The summed E-state index contributed by atoms with van der Waals surface area (Å²) >= 11 is 0. The fourth-order valence-electron chi connectivity index (χ4n) is 1.65. The molecule has 0 aromatic heterocycles. The van der Waals surface area contributed by atoms with E-state index in [0.717, 1.165) is 5.56 Å². The molecule has 0 radical (unpaired) electrons. The Morgan fingerprint density at radius 2 is 2.00 bits per heavy atom. The van der Waals surface area contributed by atoms with Crippen molar-refractivity contribution in [2.75, 3.05) is 13.7 Å². The molecule has 1 aromatic rings. The van der Waals surface area contributed by atoms with Crippen molar-refractivity contribution in [1.82, 2.24) is 5.32 Å². The van der Waals surface area contributed by atoms with Crippen LogP contribution in [-0.4, -0.2) is 25.9 Å². The molecule has 19 heavy (non-hydrogen) atoms. The molecule has 0 spiro atoms. The zero-order chi connectivity index (χ0) is 13.9. The van der Waals surface area contributed by atoms with E-state index in [0.29, 0.717) is 18.3 Å². The number of benzene rings is 1. The van der Waals surface area contributed by atoms with E-state index in [1.54, 1.807) is 12.1 Å². The van der Waals surface area contributed by atoms with Gasteiger partial charge in [0.1, 0.15) is 0 Å². The van der Waals surface area contributed by atoms with Gasteiger partial charge in [-0.2, -0.15) is 13.2 Å². The van der Waals surface area contributed by atoms with E-state index in [1.807, 2.05) is 0 Å². The van der Waals surface area contributed by atoms with E-state index >= 15 is 0 Å². The minimum absolute atomic E-state index is 0.106. The monoisotopic (exact) mass is 275 g/mol. The van der Waals surface area contributed by atoms with E-state index in [4.69, 9.17) is 9.47 Å². The van der Waals surface area contributed by atoms with Gasteiger partial charge in [-0.05, 0) is 30.5 Å². The van der Waals surface area contributed by atoms with Gasteiger partial charge in [-0.25, -0.2) is 0 Å². The number of rotatable bonds is 6. The van der Waals surface area contributed by atoms with Crippen molar-refractivity contribution in [3.63, 3.8) is 0 Å². The molecule has 6 heteroatoms. The van der Waals surface area contributed by atoms with Crippen molar-refractivity contribution in [1.29, 1.82) is 0 Å². The van der Waals surface area contributed by atoms with Crippen molar-refractivity contribution < 1.29 is 22.6 Å². The maximum Gasteiger partial charge on any atom is 0.422 e. The lowest BCUT2D eigenvalue weighted by Gasteiger charge is -2.13. The lowest BCUT2D eigenvalue weighted by atomic mass is 10.2. The van der Waals surface area contributed by atoms with Crippen molar-refractivity contribution >= 4 is 0 Å². The molecular weight excluding hydrogens is 259 g/mol. The van der Waals surface area contributed by atoms with Gasteiger partial charge in [0.2, 0.25) is 0 Å². The second-order valence-corrected chi connectivity index (χ2v) is 4.54. The van der Waals surface area contributed by atoms with E-state index in [1.165, 1.54) is 26.0 Å². The summed E-state index contributed by atoms with van der Waals surface area (Å²) in [7, 11) is 1.41. The molecular formula is C13H16F3NO2. The van der Waals surface area contributed by atoms with E-state index in [-0.39, 0.29) is 5.75 Å². The van der Waals surface area contributed by atoms with Gasteiger partial charge >= 0.3 is 6.18 Å². The third-order valence-corrected chi connectivity index (χ3v) is 2.79. The minimum atomic E-state index is -4.35. The fourth-order valence-corrected chi connectivity index (χ4v) is 1.65. The SMILES string of the molecule is COc1cc(CNC2CC2)ccc1OCC(F)(F)F. The van der Waals surface area contributed by atoms with Crippen molar-refractivity contribution in [2.45, 2.75) is 31.6 Å². The molecule has 0 aliphatic heterocycles. The Kier molecular flexibility index (Phi) is 4.19. The van der Waals surface area contributed by atoms with Gasteiger partial charge in [0.25, 0.3) is 0 Å². The molecule has 1 fully saturated rings. The first-order chi connectivity index (χ1) is 8.98. The van der Waals surface area contributed by atoms with Crippen LogP contribution in [0.3, 0.4) is 0 Å². The van der Waals surface area contributed by atoms with Crippen LogP contribution in [0, 0.1) is 0 Å². The highest BCUT2D eigenvalue weighted by atomic mass is 19.4. The third-order valence-electron chi connectivity index (χ3n) is 2.79. The zero-order valence-corrected chi connectivity index (χ0v) is 10.6. The molecule has 106 valence electrons. The fraction of sp³-hybridized carbons (Fsp3) is 0.538. The van der Waals surface area contributed by atoms with Crippen molar-refractivity contribution in [3.05, 3.63) is 23.8 Å². The first kappa shape index (κ1) is 14.0. The Morgan fingerprint density at radius 1 is 1.26 bits per heavy atom. The van der Waals surface area contributed by atoms with Crippen LogP contribution in [0.2, 0.25) is 0 Å². The van der Waals surface area contributed by atoms with Crippen molar-refractivity contribution in [2.24, 2.45) is 0 Å². The van der Waals surface area contributed by atoms with Crippen LogP contribution < -0.4 is 14.8 Å². The summed E-state index contributed by atoms with van der Waals surface area (Å²) in [5.74, 6) is 0.425. The summed E-state index contributed by atoms with van der Waals surface area (Å²) < 4.78 is 46.1. The topological polar surface area (TPSA) is 30.5 Å². The number of nitrogens with one attached hydrogen (secondary N) is 1. The van der Waals surface area contributed by atoms with E-state index in [9.17, 15) is 13.2 Å². The summed E-state index contributed by atoms with van der Waals surface area (Å²) in [6.45, 7) is -0.635. The molecule has 0 atom stereocenters. The highest BCUT2D eigenvalue weighted by Gasteiger charge is 2.29. The molecule has 0 heterocycles.